The third-order valence-corrected chi connectivity index (χ3v) is 4.88. The Morgan fingerprint density at radius 3 is 2.61 bits per heavy atom. The highest BCUT2D eigenvalue weighted by atomic mass is 35.5. The van der Waals surface area contributed by atoms with Gasteiger partial charge in [-0.1, -0.05) is 41.6 Å². The number of aromatic nitrogens is 5. The fourth-order valence-electron chi connectivity index (χ4n) is 3.02. The van der Waals surface area contributed by atoms with Gasteiger partial charge in [-0.2, -0.15) is 4.68 Å². The van der Waals surface area contributed by atoms with Gasteiger partial charge in [0.05, 0.1) is 12.3 Å². The summed E-state index contributed by atoms with van der Waals surface area (Å²) in [4.78, 5) is 13.0. The predicted molar refractivity (Wildman–Crippen MR) is 121 cm³/mol. The first-order valence-electron chi connectivity index (χ1n) is 9.77. The fourth-order valence-corrected chi connectivity index (χ4v) is 3.27. The van der Waals surface area contributed by atoms with Crippen LogP contribution in [0.4, 0.5) is 5.82 Å². The van der Waals surface area contributed by atoms with Crippen molar-refractivity contribution in [1.82, 2.24) is 36.2 Å². The van der Waals surface area contributed by atoms with Crippen molar-refractivity contribution in [1.29, 1.82) is 0 Å². The van der Waals surface area contributed by atoms with Crippen LogP contribution in [0.25, 0.3) is 22.8 Å². The first-order valence-corrected chi connectivity index (χ1v) is 10.1. The van der Waals surface area contributed by atoms with Gasteiger partial charge in [-0.25, -0.2) is 4.63 Å². The van der Waals surface area contributed by atoms with Gasteiger partial charge in [0.25, 0.3) is 5.91 Å². The summed E-state index contributed by atoms with van der Waals surface area (Å²) < 4.78 is 11.4. The van der Waals surface area contributed by atoms with Gasteiger partial charge in [0.15, 0.2) is 5.69 Å². The molecular weight excluding hydrogens is 448 g/mol. The van der Waals surface area contributed by atoms with Crippen LogP contribution in [0, 0.1) is 0 Å². The highest BCUT2D eigenvalue weighted by Gasteiger charge is 2.25. The molecule has 0 saturated heterocycles. The summed E-state index contributed by atoms with van der Waals surface area (Å²) in [7, 11) is 0. The Morgan fingerprint density at radius 1 is 1.18 bits per heavy atom. The maximum atomic E-state index is 13.0. The minimum Gasteiger partial charge on any atom is -0.494 e. The molecule has 33 heavy (non-hydrogen) atoms. The van der Waals surface area contributed by atoms with E-state index in [4.69, 9.17) is 22.1 Å². The molecule has 0 bridgehead atoms. The molecule has 0 atom stereocenters. The molecule has 12 heteroatoms. The lowest BCUT2D eigenvalue weighted by atomic mass is 10.1. The van der Waals surface area contributed by atoms with Gasteiger partial charge in [0, 0.05) is 16.1 Å². The van der Waals surface area contributed by atoms with Crippen molar-refractivity contribution < 1.29 is 14.2 Å². The fraction of sp³-hybridized carbons (Fsp3) is 0.0952. The van der Waals surface area contributed by atoms with E-state index in [1.807, 2.05) is 13.0 Å². The molecular formula is C21H19ClN8O3. The Kier molecular flexibility index (Phi) is 6.22. The van der Waals surface area contributed by atoms with Gasteiger partial charge in [-0.3, -0.25) is 15.6 Å². The highest BCUT2D eigenvalue weighted by Crippen LogP contribution is 2.28. The molecule has 1 amide bonds. The number of ether oxygens (including phenoxy) is 1. The molecule has 0 aliphatic carbocycles. The predicted octanol–water partition coefficient (Wildman–Crippen LogP) is 2.86. The monoisotopic (exact) mass is 466 g/mol. The number of hydrogen-bond donors (Lipinski definition) is 3. The summed E-state index contributed by atoms with van der Waals surface area (Å²) in [5.41, 5.74) is 13.1. The van der Waals surface area contributed by atoms with E-state index in [1.54, 1.807) is 42.5 Å². The number of hydrazine groups is 1. The van der Waals surface area contributed by atoms with Gasteiger partial charge < -0.3 is 10.5 Å². The Labute approximate surface area is 193 Å². The number of rotatable bonds is 8. The van der Waals surface area contributed by atoms with Gasteiger partial charge in [-0.15, -0.1) is 5.10 Å². The van der Waals surface area contributed by atoms with Crippen LogP contribution in [-0.2, 0) is 0 Å². The molecule has 0 saturated carbocycles. The number of nitrogens with one attached hydrogen (secondary N) is 2. The Bertz CT molecular complexity index is 1300. The van der Waals surface area contributed by atoms with Crippen molar-refractivity contribution in [3.63, 3.8) is 0 Å². The normalized spacial score (nSPS) is 10.6. The molecule has 4 N–H and O–H groups in total. The molecule has 2 aromatic heterocycles. The molecule has 168 valence electrons. The van der Waals surface area contributed by atoms with Crippen LogP contribution in [0.5, 0.6) is 5.75 Å². The summed E-state index contributed by atoms with van der Waals surface area (Å²) in [5.74, 6) is 0.183. The number of anilines is 1. The number of carbonyl (C=O) groups is 1. The van der Waals surface area contributed by atoms with Crippen LogP contribution in [0.2, 0.25) is 5.02 Å². The highest BCUT2D eigenvalue weighted by molar-refractivity contribution is 6.32. The van der Waals surface area contributed by atoms with E-state index in [2.05, 4.69) is 42.7 Å². The minimum atomic E-state index is -0.576. The second kappa shape index (κ2) is 9.40. The number of halogens is 1. The van der Waals surface area contributed by atoms with Crippen LogP contribution in [-0.4, -0.2) is 37.8 Å². The SMILES string of the molecule is C=C(NNC(=O)c1nnn(-c2nonc2N)c1-c1ccc(OCC)cc1)c1ccccc1Cl. The van der Waals surface area contributed by atoms with E-state index >= 15 is 0 Å². The molecule has 2 aromatic carbocycles. The summed E-state index contributed by atoms with van der Waals surface area (Å²) in [6.07, 6.45) is 0. The number of amides is 1. The Morgan fingerprint density at radius 2 is 1.94 bits per heavy atom. The van der Waals surface area contributed by atoms with Crippen molar-refractivity contribution >= 4 is 29.0 Å². The molecule has 11 nitrogen and oxygen atoms in total. The van der Waals surface area contributed by atoms with E-state index < -0.39 is 5.91 Å². The van der Waals surface area contributed by atoms with Crippen molar-refractivity contribution in [2.45, 2.75) is 6.92 Å². The van der Waals surface area contributed by atoms with Crippen molar-refractivity contribution in [3.8, 4) is 22.8 Å². The summed E-state index contributed by atoms with van der Waals surface area (Å²) in [6, 6.07) is 14.1. The van der Waals surface area contributed by atoms with E-state index in [-0.39, 0.29) is 17.3 Å². The zero-order valence-corrected chi connectivity index (χ0v) is 18.2. The average Bonchev–Trinajstić information content (AvgIpc) is 3.44. The van der Waals surface area contributed by atoms with Crippen molar-refractivity contribution in [2.24, 2.45) is 0 Å². The molecule has 0 aliphatic rings. The molecule has 0 radical (unpaired) electrons. The van der Waals surface area contributed by atoms with E-state index in [9.17, 15) is 4.79 Å². The van der Waals surface area contributed by atoms with Crippen LogP contribution in [0.15, 0.2) is 59.7 Å². The summed E-state index contributed by atoms with van der Waals surface area (Å²) in [6.45, 7) is 6.31. The number of nitrogen functional groups attached to an aromatic ring is 1. The smallest absolute Gasteiger partial charge is 0.292 e. The molecule has 0 fully saturated rings. The van der Waals surface area contributed by atoms with Gasteiger partial charge in [-0.05, 0) is 47.6 Å². The number of benzene rings is 2. The van der Waals surface area contributed by atoms with Gasteiger partial charge >= 0.3 is 0 Å². The lowest BCUT2D eigenvalue weighted by Crippen LogP contribution is -2.36. The zero-order chi connectivity index (χ0) is 23.4. The first kappa shape index (κ1) is 21.8. The molecule has 4 aromatic rings. The summed E-state index contributed by atoms with van der Waals surface area (Å²) in [5, 5.41) is 15.9. The second-order valence-corrected chi connectivity index (χ2v) is 7.07. The Hall–Kier alpha value is -4.38. The van der Waals surface area contributed by atoms with Crippen LogP contribution in [0.3, 0.4) is 0 Å². The number of hydrogen-bond acceptors (Lipinski definition) is 9. The van der Waals surface area contributed by atoms with E-state index in [0.29, 0.717) is 39.9 Å². The summed E-state index contributed by atoms with van der Waals surface area (Å²) >= 11 is 6.18. The molecule has 2 heterocycles. The van der Waals surface area contributed by atoms with Crippen molar-refractivity contribution in [2.75, 3.05) is 12.3 Å². The average molecular weight is 467 g/mol. The topological polar surface area (TPSA) is 146 Å². The van der Waals surface area contributed by atoms with Crippen LogP contribution >= 0.6 is 11.6 Å². The lowest BCUT2D eigenvalue weighted by molar-refractivity contribution is 0.0938. The number of nitrogens with two attached hydrogens (primary N) is 1. The largest absolute Gasteiger partial charge is 0.494 e. The lowest BCUT2D eigenvalue weighted by Gasteiger charge is -2.12. The molecule has 0 aliphatic heterocycles. The standard InChI is InChI=1S/C21H19ClN8O3/c1-3-32-14-10-8-13(9-11-14)18-17(25-29-30(18)20-19(23)27-33-28-20)21(31)26-24-12(2)15-6-4-5-7-16(15)22/h4-11,24H,2-3H2,1H3,(H2,23,27)(H,26,31). The first-order chi connectivity index (χ1) is 16.0. The maximum absolute atomic E-state index is 13.0. The quantitative estimate of drug-likeness (QED) is 0.333. The maximum Gasteiger partial charge on any atom is 0.292 e. The van der Waals surface area contributed by atoms with Gasteiger partial charge in [0.2, 0.25) is 11.6 Å². The molecule has 4 rings (SSSR count). The Balaban J connectivity index is 1.65. The number of nitrogens with zero attached hydrogens (tertiary/aromatic N) is 5. The second-order valence-electron chi connectivity index (χ2n) is 6.67. The van der Waals surface area contributed by atoms with Crippen molar-refractivity contribution in [3.05, 3.63) is 71.4 Å². The third kappa shape index (κ3) is 4.48. The third-order valence-electron chi connectivity index (χ3n) is 4.55. The van der Waals surface area contributed by atoms with E-state index in [0.717, 1.165) is 0 Å². The minimum absolute atomic E-state index is 0.000943. The van der Waals surface area contributed by atoms with E-state index in [1.165, 1.54) is 4.68 Å². The zero-order valence-electron chi connectivity index (χ0n) is 17.4. The van der Waals surface area contributed by atoms with Gasteiger partial charge in [0.1, 0.15) is 11.4 Å². The van der Waals surface area contributed by atoms with Crippen LogP contribution < -0.4 is 21.3 Å². The number of carbonyl (C=O) groups excluding carboxylic acids is 1. The van der Waals surface area contributed by atoms with Crippen LogP contribution in [0.1, 0.15) is 23.0 Å². The molecule has 0 spiro atoms. The molecule has 0 unspecified atom stereocenters.